The number of imidazole rings is 1. The molecular formula is C39H37N3S. The largest absolute Gasteiger partial charge is 0.292 e. The van der Waals surface area contributed by atoms with Crippen LogP contribution in [0.5, 0.6) is 0 Å². The first kappa shape index (κ1) is 27.5. The maximum atomic E-state index is 5.32. The highest BCUT2D eigenvalue weighted by Gasteiger charge is 2.23. The minimum atomic E-state index is 0.0273. The summed E-state index contributed by atoms with van der Waals surface area (Å²) in [7, 11) is 0. The molecule has 0 aliphatic heterocycles. The first-order valence-corrected chi connectivity index (χ1v) is 15.9. The van der Waals surface area contributed by atoms with E-state index < -0.39 is 0 Å². The first-order valence-electron chi connectivity index (χ1n) is 15.1. The Balaban J connectivity index is 1.53. The van der Waals surface area contributed by atoms with E-state index in [1.165, 1.54) is 42.4 Å². The molecule has 0 aliphatic carbocycles. The molecular weight excluding hydrogens is 543 g/mol. The molecule has 3 nitrogen and oxygen atoms in total. The fraction of sp³-hybridized carbons (Fsp3) is 0.231. The molecule has 214 valence electrons. The summed E-state index contributed by atoms with van der Waals surface area (Å²) in [4.78, 5) is 10.1. The second kappa shape index (κ2) is 10.2. The smallest absolute Gasteiger partial charge is 0.145 e. The van der Waals surface area contributed by atoms with Gasteiger partial charge in [0, 0.05) is 37.0 Å². The topological polar surface area (TPSA) is 30.7 Å². The van der Waals surface area contributed by atoms with E-state index in [-0.39, 0.29) is 5.41 Å². The minimum Gasteiger partial charge on any atom is -0.292 e. The van der Waals surface area contributed by atoms with E-state index in [4.69, 9.17) is 9.97 Å². The number of aromatic nitrogens is 3. The molecule has 7 aromatic rings. The average Bonchev–Trinajstić information content (AvgIpc) is 3.54. The van der Waals surface area contributed by atoms with Crippen LogP contribution in [0.3, 0.4) is 0 Å². The third-order valence-corrected chi connectivity index (χ3v) is 9.69. The SMILES string of the molecule is Cc1cc2c(nc(-c3ccc4sc5cc(C(C)C)ccc5c4c3)n2-c2ccc(C(C)(C)C)cc2-c2ccccc2)c(C)n1. The van der Waals surface area contributed by atoms with Crippen molar-refractivity contribution in [3.63, 3.8) is 0 Å². The summed E-state index contributed by atoms with van der Waals surface area (Å²) >= 11 is 1.87. The standard InChI is InChI=1S/C39H37N3S/c1-23(2)27-13-16-30-32-20-28(14-18-35(32)43-36(30)21-27)38-41-37-25(4)40-24(3)19-34(37)42(38)33-17-15-29(39(5,6)7)22-31(33)26-11-9-8-10-12-26/h8-23H,1-7H3. The summed E-state index contributed by atoms with van der Waals surface area (Å²) in [5.74, 6) is 1.44. The van der Waals surface area contributed by atoms with Crippen LogP contribution in [0.4, 0.5) is 0 Å². The lowest BCUT2D eigenvalue weighted by Gasteiger charge is -2.23. The van der Waals surface area contributed by atoms with Crippen LogP contribution in [0.15, 0.2) is 91.0 Å². The average molecular weight is 580 g/mol. The van der Waals surface area contributed by atoms with E-state index in [0.717, 1.165) is 39.5 Å². The zero-order chi connectivity index (χ0) is 30.0. The monoisotopic (exact) mass is 579 g/mol. The van der Waals surface area contributed by atoms with Crippen molar-refractivity contribution in [3.8, 4) is 28.2 Å². The number of nitrogens with zero attached hydrogens (tertiary/aromatic N) is 3. The lowest BCUT2D eigenvalue weighted by Crippen LogP contribution is -2.12. The molecule has 43 heavy (non-hydrogen) atoms. The Labute approximate surface area is 257 Å². The van der Waals surface area contributed by atoms with Gasteiger partial charge in [0.2, 0.25) is 0 Å². The molecule has 3 heterocycles. The second-order valence-corrected chi connectivity index (χ2v) is 14.1. The minimum absolute atomic E-state index is 0.0273. The molecule has 7 rings (SSSR count). The Kier molecular flexibility index (Phi) is 6.51. The van der Waals surface area contributed by atoms with E-state index in [1.54, 1.807) is 0 Å². The van der Waals surface area contributed by atoms with Gasteiger partial charge in [0.05, 0.1) is 16.9 Å². The Hall–Kier alpha value is -4.28. The number of aryl methyl sites for hydroxylation is 2. The molecule has 0 saturated carbocycles. The summed E-state index contributed by atoms with van der Waals surface area (Å²) in [6.45, 7) is 15.5. The number of pyridine rings is 1. The van der Waals surface area contributed by atoms with Crippen LogP contribution in [0.2, 0.25) is 0 Å². The van der Waals surface area contributed by atoms with E-state index in [0.29, 0.717) is 5.92 Å². The number of benzene rings is 4. The van der Waals surface area contributed by atoms with E-state index in [2.05, 4.69) is 144 Å². The molecule has 0 saturated heterocycles. The summed E-state index contributed by atoms with van der Waals surface area (Å²) in [5.41, 5.74) is 11.3. The van der Waals surface area contributed by atoms with Crippen molar-refractivity contribution in [2.45, 2.75) is 59.8 Å². The predicted molar refractivity (Wildman–Crippen MR) is 185 cm³/mol. The molecule has 0 unspecified atom stereocenters. The second-order valence-electron chi connectivity index (χ2n) is 13.1. The van der Waals surface area contributed by atoms with Crippen molar-refractivity contribution in [1.82, 2.24) is 14.5 Å². The third kappa shape index (κ3) is 4.74. The molecule has 4 aromatic carbocycles. The number of thiophene rings is 1. The molecule has 3 aromatic heterocycles. The Morgan fingerprint density at radius 1 is 0.721 bits per heavy atom. The molecule has 0 radical (unpaired) electrons. The van der Waals surface area contributed by atoms with Crippen LogP contribution in [0, 0.1) is 13.8 Å². The van der Waals surface area contributed by atoms with Crippen molar-refractivity contribution in [2.24, 2.45) is 0 Å². The quantitative estimate of drug-likeness (QED) is 0.208. The van der Waals surface area contributed by atoms with Gasteiger partial charge < -0.3 is 0 Å². The fourth-order valence-corrected chi connectivity index (χ4v) is 7.29. The molecule has 0 bridgehead atoms. The van der Waals surface area contributed by atoms with Crippen molar-refractivity contribution >= 4 is 42.5 Å². The first-order chi connectivity index (χ1) is 20.6. The van der Waals surface area contributed by atoms with Crippen LogP contribution in [-0.4, -0.2) is 14.5 Å². The lowest BCUT2D eigenvalue weighted by atomic mass is 9.85. The van der Waals surface area contributed by atoms with Crippen LogP contribution in [0.25, 0.3) is 59.4 Å². The summed E-state index contributed by atoms with van der Waals surface area (Å²) in [5, 5.41) is 2.59. The van der Waals surface area contributed by atoms with E-state index >= 15 is 0 Å². The van der Waals surface area contributed by atoms with Gasteiger partial charge in [-0.05, 0) is 84.3 Å². The van der Waals surface area contributed by atoms with Gasteiger partial charge in [0.25, 0.3) is 0 Å². The Morgan fingerprint density at radius 3 is 2.26 bits per heavy atom. The Bertz CT molecular complexity index is 2160. The van der Waals surface area contributed by atoms with Gasteiger partial charge in [-0.15, -0.1) is 11.3 Å². The number of hydrogen-bond donors (Lipinski definition) is 0. The van der Waals surface area contributed by atoms with Crippen molar-refractivity contribution in [3.05, 3.63) is 114 Å². The van der Waals surface area contributed by atoms with Gasteiger partial charge in [-0.25, -0.2) is 4.98 Å². The van der Waals surface area contributed by atoms with Gasteiger partial charge >= 0.3 is 0 Å². The highest BCUT2D eigenvalue weighted by Crippen LogP contribution is 2.41. The normalized spacial score (nSPS) is 12.3. The summed E-state index contributed by atoms with van der Waals surface area (Å²) in [6, 6.07) is 33.6. The number of fused-ring (bicyclic) bond motifs is 4. The van der Waals surface area contributed by atoms with Gasteiger partial charge in [-0.3, -0.25) is 9.55 Å². The molecule has 0 aliphatic rings. The third-order valence-electron chi connectivity index (χ3n) is 8.55. The summed E-state index contributed by atoms with van der Waals surface area (Å²) in [6.07, 6.45) is 0. The van der Waals surface area contributed by atoms with Crippen LogP contribution >= 0.6 is 11.3 Å². The number of rotatable bonds is 4. The van der Waals surface area contributed by atoms with Crippen molar-refractivity contribution < 1.29 is 0 Å². The van der Waals surface area contributed by atoms with Gasteiger partial charge in [-0.1, -0.05) is 83.1 Å². The predicted octanol–water partition coefficient (Wildman–Crippen LogP) is 11.2. The fourth-order valence-electron chi connectivity index (χ4n) is 6.16. The van der Waals surface area contributed by atoms with E-state index in [1.807, 2.05) is 11.3 Å². The molecule has 4 heteroatoms. The van der Waals surface area contributed by atoms with Crippen LogP contribution in [-0.2, 0) is 5.41 Å². The molecule has 0 fully saturated rings. The van der Waals surface area contributed by atoms with Gasteiger partial charge in [0.15, 0.2) is 0 Å². The maximum absolute atomic E-state index is 5.32. The van der Waals surface area contributed by atoms with E-state index in [9.17, 15) is 0 Å². The molecule has 0 N–H and O–H groups in total. The van der Waals surface area contributed by atoms with Gasteiger partial charge in [-0.2, -0.15) is 0 Å². The summed E-state index contributed by atoms with van der Waals surface area (Å²) < 4.78 is 5.00. The van der Waals surface area contributed by atoms with Crippen molar-refractivity contribution in [1.29, 1.82) is 0 Å². The van der Waals surface area contributed by atoms with Gasteiger partial charge in [0.1, 0.15) is 11.3 Å². The molecule has 0 amide bonds. The van der Waals surface area contributed by atoms with Crippen LogP contribution < -0.4 is 0 Å². The van der Waals surface area contributed by atoms with Crippen molar-refractivity contribution in [2.75, 3.05) is 0 Å². The Morgan fingerprint density at radius 2 is 1.51 bits per heavy atom. The highest BCUT2D eigenvalue weighted by atomic mass is 32.1. The molecule has 0 spiro atoms. The zero-order valence-electron chi connectivity index (χ0n) is 26.0. The zero-order valence-corrected chi connectivity index (χ0v) is 26.8. The van der Waals surface area contributed by atoms with Crippen LogP contribution in [0.1, 0.15) is 63.1 Å². The lowest BCUT2D eigenvalue weighted by molar-refractivity contribution is 0.590. The highest BCUT2D eigenvalue weighted by molar-refractivity contribution is 7.25. The molecule has 0 atom stereocenters. The number of hydrogen-bond acceptors (Lipinski definition) is 3. The maximum Gasteiger partial charge on any atom is 0.145 e.